The maximum atomic E-state index is 12.6. The third-order valence-electron chi connectivity index (χ3n) is 4.18. The fourth-order valence-electron chi connectivity index (χ4n) is 2.83. The van der Waals surface area contributed by atoms with Gasteiger partial charge in [0, 0.05) is 23.7 Å². The van der Waals surface area contributed by atoms with Gasteiger partial charge in [-0.2, -0.15) is 5.10 Å². The quantitative estimate of drug-likeness (QED) is 0.777. The Morgan fingerprint density at radius 2 is 1.92 bits per heavy atom. The Labute approximate surface area is 147 Å². The van der Waals surface area contributed by atoms with Crippen LogP contribution in [-0.4, -0.2) is 20.7 Å². The minimum Gasteiger partial charge on any atom is -0.346 e. The Balaban J connectivity index is 1.72. The molecule has 0 aliphatic carbocycles. The number of aromatic nitrogens is 3. The van der Waals surface area contributed by atoms with Gasteiger partial charge in [0.05, 0.1) is 18.3 Å². The van der Waals surface area contributed by atoms with Gasteiger partial charge in [-0.1, -0.05) is 12.1 Å². The van der Waals surface area contributed by atoms with Crippen LogP contribution in [0.1, 0.15) is 45.8 Å². The number of hydrogen-bond acceptors (Lipinski definition) is 3. The molecule has 0 saturated heterocycles. The summed E-state index contributed by atoms with van der Waals surface area (Å²) < 4.78 is 1.95. The predicted octanol–water partition coefficient (Wildman–Crippen LogP) is 3.43. The van der Waals surface area contributed by atoms with E-state index in [0.29, 0.717) is 12.1 Å². The van der Waals surface area contributed by atoms with Crippen molar-refractivity contribution < 1.29 is 4.79 Å². The number of nitrogens with one attached hydrogen (secondary N) is 1. The van der Waals surface area contributed by atoms with Crippen LogP contribution in [0.15, 0.2) is 54.9 Å². The van der Waals surface area contributed by atoms with Crippen LogP contribution in [0.2, 0.25) is 0 Å². The molecule has 3 aromatic rings. The topological polar surface area (TPSA) is 59.8 Å². The Morgan fingerprint density at radius 1 is 1.16 bits per heavy atom. The Hall–Kier alpha value is -2.95. The summed E-state index contributed by atoms with van der Waals surface area (Å²) in [6, 6.07) is 13.5. The average molecular weight is 334 g/mol. The molecule has 0 radical (unpaired) electrons. The molecular weight excluding hydrogens is 312 g/mol. The summed E-state index contributed by atoms with van der Waals surface area (Å²) in [5.74, 6) is -0.0838. The highest BCUT2D eigenvalue weighted by atomic mass is 16.1. The Bertz CT molecular complexity index is 870. The van der Waals surface area contributed by atoms with E-state index in [2.05, 4.69) is 15.4 Å². The maximum absolute atomic E-state index is 12.6. The maximum Gasteiger partial charge on any atom is 0.251 e. The second kappa shape index (κ2) is 7.30. The molecule has 0 aliphatic rings. The predicted molar refractivity (Wildman–Crippen MR) is 97.4 cm³/mol. The largest absolute Gasteiger partial charge is 0.346 e. The normalized spacial score (nSPS) is 12.0. The monoisotopic (exact) mass is 334 g/mol. The summed E-state index contributed by atoms with van der Waals surface area (Å²) in [7, 11) is 0. The van der Waals surface area contributed by atoms with Crippen molar-refractivity contribution in [2.75, 3.05) is 0 Å². The van der Waals surface area contributed by atoms with Crippen LogP contribution in [0, 0.1) is 13.8 Å². The summed E-state index contributed by atoms with van der Waals surface area (Å²) >= 11 is 0. The Kier molecular flexibility index (Phi) is 4.93. The third-order valence-corrected chi connectivity index (χ3v) is 4.18. The van der Waals surface area contributed by atoms with Gasteiger partial charge in [0.15, 0.2) is 0 Å². The smallest absolute Gasteiger partial charge is 0.251 e. The molecule has 25 heavy (non-hydrogen) atoms. The number of carbonyl (C=O) groups excluding carboxylic acids is 1. The number of benzene rings is 1. The summed E-state index contributed by atoms with van der Waals surface area (Å²) in [4.78, 5) is 16.6. The molecule has 1 atom stereocenters. The number of nitrogens with zero attached hydrogens (tertiary/aromatic N) is 3. The third kappa shape index (κ3) is 4.12. The highest BCUT2D eigenvalue weighted by molar-refractivity contribution is 5.94. The fourth-order valence-corrected chi connectivity index (χ4v) is 2.83. The van der Waals surface area contributed by atoms with E-state index in [1.165, 1.54) is 0 Å². The molecule has 0 saturated carbocycles. The highest BCUT2D eigenvalue weighted by Gasteiger charge is 2.12. The van der Waals surface area contributed by atoms with Crippen molar-refractivity contribution in [1.29, 1.82) is 0 Å². The minimum absolute atomic E-state index is 0.0739. The van der Waals surface area contributed by atoms with Crippen molar-refractivity contribution in [3.8, 4) is 0 Å². The van der Waals surface area contributed by atoms with Crippen LogP contribution in [0.25, 0.3) is 0 Å². The lowest BCUT2D eigenvalue weighted by molar-refractivity contribution is 0.0939. The van der Waals surface area contributed by atoms with Gasteiger partial charge in [0.1, 0.15) is 0 Å². The van der Waals surface area contributed by atoms with E-state index >= 15 is 0 Å². The molecular formula is C20H22N4O. The molecule has 1 amide bonds. The van der Waals surface area contributed by atoms with Crippen LogP contribution in [0.3, 0.4) is 0 Å². The summed E-state index contributed by atoms with van der Waals surface area (Å²) in [6.45, 7) is 6.63. The van der Waals surface area contributed by atoms with E-state index in [-0.39, 0.29) is 11.9 Å². The second-order valence-corrected chi connectivity index (χ2v) is 6.26. The molecule has 2 heterocycles. The van der Waals surface area contributed by atoms with Gasteiger partial charge in [-0.25, -0.2) is 0 Å². The number of hydrogen-bond donors (Lipinski definition) is 1. The lowest BCUT2D eigenvalue weighted by Gasteiger charge is -2.14. The van der Waals surface area contributed by atoms with Crippen LogP contribution in [0.5, 0.6) is 0 Å². The van der Waals surface area contributed by atoms with Crippen LogP contribution >= 0.6 is 0 Å². The number of amides is 1. The van der Waals surface area contributed by atoms with Crippen molar-refractivity contribution in [3.63, 3.8) is 0 Å². The fraction of sp³-hybridized carbons (Fsp3) is 0.250. The zero-order valence-electron chi connectivity index (χ0n) is 14.7. The van der Waals surface area contributed by atoms with E-state index in [1.807, 2.05) is 67.9 Å². The molecule has 1 aromatic carbocycles. The second-order valence-electron chi connectivity index (χ2n) is 6.26. The lowest BCUT2D eigenvalue weighted by Crippen LogP contribution is -2.26. The SMILES string of the molecule is Cc1cc(C)n(Cc2cccc(C(=O)NC(C)c3ccncc3)c2)n1. The minimum atomic E-state index is -0.0838. The van der Waals surface area contributed by atoms with Gasteiger partial charge < -0.3 is 5.32 Å². The molecule has 2 aromatic heterocycles. The standard InChI is InChI=1S/C20H22N4O/c1-14-11-15(2)24(23-14)13-17-5-4-6-19(12-17)20(25)22-16(3)18-7-9-21-10-8-18/h4-12,16H,13H2,1-3H3,(H,22,25). The summed E-state index contributed by atoms with van der Waals surface area (Å²) in [5, 5.41) is 7.51. The van der Waals surface area contributed by atoms with Crippen molar-refractivity contribution in [2.24, 2.45) is 0 Å². The molecule has 0 bridgehead atoms. The number of pyridine rings is 1. The summed E-state index contributed by atoms with van der Waals surface area (Å²) in [5.41, 5.74) is 4.84. The van der Waals surface area contributed by atoms with Gasteiger partial charge >= 0.3 is 0 Å². The van der Waals surface area contributed by atoms with E-state index < -0.39 is 0 Å². The number of aryl methyl sites for hydroxylation is 2. The first-order valence-electron chi connectivity index (χ1n) is 8.33. The zero-order chi connectivity index (χ0) is 17.8. The molecule has 0 spiro atoms. The molecule has 0 aliphatic heterocycles. The Morgan fingerprint density at radius 3 is 2.60 bits per heavy atom. The lowest BCUT2D eigenvalue weighted by atomic mass is 10.1. The van der Waals surface area contributed by atoms with Crippen LogP contribution in [-0.2, 0) is 6.54 Å². The first kappa shape index (κ1) is 16.9. The zero-order valence-corrected chi connectivity index (χ0v) is 14.7. The van der Waals surface area contributed by atoms with Crippen LogP contribution in [0.4, 0.5) is 0 Å². The van der Waals surface area contributed by atoms with Crippen LogP contribution < -0.4 is 5.32 Å². The van der Waals surface area contributed by atoms with Crippen molar-refractivity contribution in [1.82, 2.24) is 20.1 Å². The highest BCUT2D eigenvalue weighted by Crippen LogP contribution is 2.13. The van der Waals surface area contributed by atoms with Gasteiger partial charge in [-0.3, -0.25) is 14.5 Å². The number of carbonyl (C=O) groups is 1. The molecule has 5 heteroatoms. The van der Waals surface area contributed by atoms with Gasteiger partial charge in [0.2, 0.25) is 0 Å². The molecule has 3 rings (SSSR count). The number of rotatable bonds is 5. The molecule has 5 nitrogen and oxygen atoms in total. The van der Waals surface area contributed by atoms with E-state index in [1.54, 1.807) is 12.4 Å². The van der Waals surface area contributed by atoms with Gasteiger partial charge in [-0.05, 0) is 62.2 Å². The van der Waals surface area contributed by atoms with Crippen molar-refractivity contribution in [3.05, 3.63) is 82.9 Å². The van der Waals surface area contributed by atoms with Gasteiger partial charge in [0.25, 0.3) is 5.91 Å². The average Bonchev–Trinajstić information content (AvgIpc) is 2.93. The van der Waals surface area contributed by atoms with Crippen molar-refractivity contribution >= 4 is 5.91 Å². The molecule has 128 valence electrons. The van der Waals surface area contributed by atoms with Crippen molar-refractivity contribution in [2.45, 2.75) is 33.4 Å². The van der Waals surface area contributed by atoms with Gasteiger partial charge in [-0.15, -0.1) is 0 Å². The molecule has 0 fully saturated rings. The van der Waals surface area contributed by atoms with E-state index in [9.17, 15) is 4.79 Å². The van der Waals surface area contributed by atoms with E-state index in [4.69, 9.17) is 0 Å². The van der Waals surface area contributed by atoms with E-state index in [0.717, 1.165) is 22.5 Å². The molecule has 1 unspecified atom stereocenters. The summed E-state index contributed by atoms with van der Waals surface area (Å²) in [6.07, 6.45) is 3.46. The molecule has 1 N–H and O–H groups in total. The first-order valence-corrected chi connectivity index (χ1v) is 8.33. The first-order chi connectivity index (χ1) is 12.0.